The number of methoxy groups -OCH3 is 1. The first kappa shape index (κ1) is 33.3. The second kappa shape index (κ2) is 14.4. The Morgan fingerprint density at radius 2 is 1.95 bits per heavy atom. The molecule has 10 heteroatoms. The molecule has 0 radical (unpaired) electrons. The first-order chi connectivity index (χ1) is 20.9. The number of rotatable bonds is 6. The van der Waals surface area contributed by atoms with Crippen molar-refractivity contribution < 1.29 is 38.8 Å². The number of phenols is 1. The number of aliphatic hydroxyl groups excluding tert-OH is 1. The van der Waals surface area contributed by atoms with Gasteiger partial charge in [0.15, 0.2) is 0 Å². The smallest absolute Gasteiger partial charge is 0.328 e. The Labute approximate surface area is 259 Å². The molecule has 4 aliphatic rings. The van der Waals surface area contributed by atoms with E-state index in [1.54, 1.807) is 14.0 Å². The van der Waals surface area contributed by atoms with E-state index in [4.69, 9.17) is 14.2 Å². The molecule has 10 nitrogen and oxygen atoms in total. The lowest BCUT2D eigenvalue weighted by atomic mass is 9.86. The van der Waals surface area contributed by atoms with Crippen LogP contribution in [0.5, 0.6) is 11.5 Å². The number of anilines is 1. The van der Waals surface area contributed by atoms with Crippen LogP contribution in [0, 0.1) is 11.8 Å². The molecule has 4 N–H and O–H groups in total. The van der Waals surface area contributed by atoms with E-state index in [1.165, 1.54) is 0 Å². The SMILES string of the molecule is CO[C@@H]1CC(=O)Nc2c(O)c3cc4c2[C@H](/C=C/C=C/C[C@H](OC(=O)[C@@H](C)NC(=O)CC(C)C)[C@H](C)[C@@H](O)/C(C)=C\CC3)[C@H]1O4. The van der Waals surface area contributed by atoms with Crippen LogP contribution in [0.2, 0.25) is 0 Å². The minimum atomic E-state index is -0.896. The number of fused-ring (bicyclic) bond motifs is 8. The molecule has 6 bridgehead atoms. The Morgan fingerprint density at radius 3 is 2.66 bits per heavy atom. The minimum Gasteiger partial charge on any atom is -0.505 e. The zero-order chi connectivity index (χ0) is 32.1. The van der Waals surface area contributed by atoms with Gasteiger partial charge in [0.25, 0.3) is 0 Å². The van der Waals surface area contributed by atoms with Gasteiger partial charge in [-0.3, -0.25) is 9.59 Å². The summed E-state index contributed by atoms with van der Waals surface area (Å²) in [6, 6.07) is 0.995. The van der Waals surface area contributed by atoms with E-state index in [9.17, 15) is 24.6 Å². The highest BCUT2D eigenvalue weighted by atomic mass is 16.5. The van der Waals surface area contributed by atoms with E-state index < -0.39 is 42.3 Å². The Bertz CT molecular complexity index is 1330. The third-order valence-electron chi connectivity index (χ3n) is 8.61. The van der Waals surface area contributed by atoms with Crippen LogP contribution in [0.1, 0.15) is 77.3 Å². The molecule has 7 atom stereocenters. The predicted octanol–water partition coefficient (Wildman–Crippen LogP) is 4.45. The number of aryl methyl sites for hydroxylation is 1. The van der Waals surface area contributed by atoms with Crippen LogP contribution >= 0.6 is 0 Å². The number of nitrogens with one attached hydrogen (secondary N) is 2. The van der Waals surface area contributed by atoms with Gasteiger partial charge in [-0.25, -0.2) is 4.79 Å². The highest BCUT2D eigenvalue weighted by Crippen LogP contribution is 2.51. The number of amides is 2. The number of hydrogen-bond donors (Lipinski definition) is 4. The van der Waals surface area contributed by atoms with Gasteiger partial charge in [-0.1, -0.05) is 51.2 Å². The standard InChI is InChI=1S/C34H46N2O8/c1-18(2)15-27(37)35-21(5)34(41)44-24-14-9-7-8-13-23-29-25-16-22(12-10-11-19(3)31(39)20(24)4)32(40)30(29)36-28(38)17-26(42-6)33(23)43-25/h7-9,11,13,16,18,20-21,23-24,26,31,33,39-40H,10,12,14-15,17H2,1-6H3,(H,35,37)(H,36,38)/b9-7+,13-8+,19-11-/t20-,21+,23-,24-,26+,31-,33+/m0/s1. The largest absolute Gasteiger partial charge is 0.505 e. The first-order valence-electron chi connectivity index (χ1n) is 15.5. The number of esters is 1. The van der Waals surface area contributed by atoms with Gasteiger partial charge < -0.3 is 35.1 Å². The Balaban J connectivity index is 1.65. The Hall–Kier alpha value is -3.63. The second-order valence-corrected chi connectivity index (χ2v) is 12.5. The molecule has 5 rings (SSSR count). The van der Waals surface area contributed by atoms with Crippen LogP contribution in [0.25, 0.3) is 0 Å². The van der Waals surface area contributed by atoms with E-state index in [1.807, 2.05) is 64.1 Å². The third kappa shape index (κ3) is 7.53. The van der Waals surface area contributed by atoms with Gasteiger partial charge in [0.2, 0.25) is 11.8 Å². The van der Waals surface area contributed by atoms with Gasteiger partial charge in [0, 0.05) is 42.9 Å². The second-order valence-electron chi connectivity index (χ2n) is 12.5. The average molecular weight is 611 g/mol. The van der Waals surface area contributed by atoms with Gasteiger partial charge in [-0.05, 0) is 44.2 Å². The highest BCUT2D eigenvalue weighted by Gasteiger charge is 2.44. The number of hydrogen-bond acceptors (Lipinski definition) is 8. The number of phenolic OH excluding ortho intramolecular Hbond substituents is 1. The lowest BCUT2D eigenvalue weighted by Crippen LogP contribution is -2.43. The van der Waals surface area contributed by atoms with Crippen molar-refractivity contribution in [2.75, 3.05) is 12.4 Å². The quantitative estimate of drug-likeness (QED) is 0.210. The molecule has 0 saturated heterocycles. The molecule has 1 aromatic carbocycles. The number of carbonyl (C=O) groups is 3. The topological polar surface area (TPSA) is 143 Å². The summed E-state index contributed by atoms with van der Waals surface area (Å²) in [6.45, 7) is 9.12. The van der Waals surface area contributed by atoms with Crippen LogP contribution < -0.4 is 15.4 Å². The van der Waals surface area contributed by atoms with Crippen molar-refractivity contribution in [2.24, 2.45) is 11.8 Å². The van der Waals surface area contributed by atoms with Crippen LogP contribution in [0.3, 0.4) is 0 Å². The van der Waals surface area contributed by atoms with Crippen molar-refractivity contribution in [1.29, 1.82) is 0 Å². The molecule has 1 aromatic rings. The van der Waals surface area contributed by atoms with E-state index in [2.05, 4.69) is 10.6 Å². The maximum atomic E-state index is 13.0. The van der Waals surface area contributed by atoms with Crippen LogP contribution in [-0.2, 0) is 30.3 Å². The molecule has 0 unspecified atom stereocenters. The molecular weight excluding hydrogens is 564 g/mol. The van der Waals surface area contributed by atoms with E-state index in [-0.39, 0.29) is 35.8 Å². The lowest BCUT2D eigenvalue weighted by molar-refractivity contribution is -0.156. The normalized spacial score (nSPS) is 30.2. The molecule has 44 heavy (non-hydrogen) atoms. The van der Waals surface area contributed by atoms with Crippen LogP contribution in [0.4, 0.5) is 5.69 Å². The monoisotopic (exact) mass is 610 g/mol. The summed E-state index contributed by atoms with van der Waals surface area (Å²) in [6.07, 6.45) is 8.58. The van der Waals surface area contributed by atoms with Crippen LogP contribution in [0.15, 0.2) is 42.0 Å². The fourth-order valence-electron chi connectivity index (χ4n) is 6.09. The number of benzene rings is 1. The summed E-state index contributed by atoms with van der Waals surface area (Å²) < 4.78 is 17.9. The Kier molecular flexibility index (Phi) is 10.9. The summed E-state index contributed by atoms with van der Waals surface area (Å²) >= 11 is 0. The molecule has 2 aliphatic carbocycles. The molecule has 240 valence electrons. The van der Waals surface area contributed by atoms with Gasteiger partial charge >= 0.3 is 5.97 Å². The Morgan fingerprint density at radius 1 is 1.20 bits per heavy atom. The van der Waals surface area contributed by atoms with E-state index in [0.29, 0.717) is 53.8 Å². The zero-order valence-corrected chi connectivity index (χ0v) is 26.5. The van der Waals surface area contributed by atoms with Gasteiger partial charge in [0.1, 0.15) is 35.9 Å². The molecule has 2 aliphatic heterocycles. The van der Waals surface area contributed by atoms with Gasteiger partial charge in [0.05, 0.1) is 18.2 Å². The van der Waals surface area contributed by atoms with Crippen molar-refractivity contribution in [3.63, 3.8) is 0 Å². The fraction of sp³-hybridized carbons (Fsp3) is 0.559. The third-order valence-corrected chi connectivity index (χ3v) is 8.61. The fourth-order valence-corrected chi connectivity index (χ4v) is 6.09. The van der Waals surface area contributed by atoms with Gasteiger partial charge in [-0.2, -0.15) is 0 Å². The summed E-state index contributed by atoms with van der Waals surface area (Å²) in [7, 11) is 1.55. The zero-order valence-electron chi connectivity index (χ0n) is 26.5. The number of carbonyl (C=O) groups excluding carboxylic acids is 3. The number of aliphatic hydroxyl groups is 1. The molecule has 0 aromatic heterocycles. The van der Waals surface area contributed by atoms with Crippen molar-refractivity contribution >= 4 is 23.5 Å². The summed E-state index contributed by atoms with van der Waals surface area (Å²) in [5.41, 5.74) is 2.39. The molecule has 0 saturated carbocycles. The maximum Gasteiger partial charge on any atom is 0.328 e. The van der Waals surface area contributed by atoms with Crippen molar-refractivity contribution in [3.05, 3.63) is 53.1 Å². The summed E-state index contributed by atoms with van der Waals surface area (Å²) in [5, 5.41) is 28.1. The number of aromatic hydroxyl groups is 1. The maximum absolute atomic E-state index is 13.0. The molecule has 2 amide bonds. The average Bonchev–Trinajstić information content (AvgIpc) is 3.33. The molecule has 0 fully saturated rings. The predicted molar refractivity (Wildman–Crippen MR) is 166 cm³/mol. The van der Waals surface area contributed by atoms with Crippen molar-refractivity contribution in [1.82, 2.24) is 5.32 Å². The van der Waals surface area contributed by atoms with Crippen molar-refractivity contribution in [3.8, 4) is 11.5 Å². The van der Waals surface area contributed by atoms with E-state index in [0.717, 1.165) is 0 Å². The van der Waals surface area contributed by atoms with Crippen LogP contribution in [-0.4, -0.2) is 65.6 Å². The van der Waals surface area contributed by atoms with E-state index >= 15 is 0 Å². The summed E-state index contributed by atoms with van der Waals surface area (Å²) in [4.78, 5) is 38.0. The molecule has 2 heterocycles. The summed E-state index contributed by atoms with van der Waals surface area (Å²) in [5.74, 6) is -1.01. The highest BCUT2D eigenvalue weighted by molar-refractivity contribution is 5.95. The first-order valence-corrected chi connectivity index (χ1v) is 15.5. The number of allylic oxidation sites excluding steroid dienone is 3. The number of ether oxygens (including phenoxy) is 3. The molecular formula is C34H46N2O8. The minimum absolute atomic E-state index is 0.0111. The van der Waals surface area contributed by atoms with Crippen molar-refractivity contribution in [2.45, 2.75) is 103 Å². The molecule has 0 spiro atoms. The lowest BCUT2D eigenvalue weighted by Gasteiger charge is -2.29. The van der Waals surface area contributed by atoms with Gasteiger partial charge in [-0.15, -0.1) is 0 Å².